The van der Waals surface area contributed by atoms with Crippen LogP contribution in [0.15, 0.2) is 36.5 Å². The summed E-state index contributed by atoms with van der Waals surface area (Å²) in [6, 6.07) is 11.0. The minimum atomic E-state index is 0.0790. The van der Waals surface area contributed by atoms with Crippen LogP contribution in [0.4, 0.5) is 0 Å². The van der Waals surface area contributed by atoms with Crippen LogP contribution in [0.3, 0.4) is 0 Å². The average Bonchev–Trinajstić information content (AvgIpc) is 3.19. The molecule has 2 aliphatic rings. The van der Waals surface area contributed by atoms with Gasteiger partial charge in [0.25, 0.3) is 0 Å². The van der Waals surface area contributed by atoms with Crippen LogP contribution in [0.25, 0.3) is 0 Å². The Labute approximate surface area is 157 Å². The van der Waals surface area contributed by atoms with Crippen LogP contribution in [0.2, 0.25) is 4.34 Å². The zero-order valence-corrected chi connectivity index (χ0v) is 15.7. The quantitative estimate of drug-likeness (QED) is 0.753. The van der Waals surface area contributed by atoms with Crippen molar-refractivity contribution in [3.8, 4) is 0 Å². The predicted octanol–water partition coefficient (Wildman–Crippen LogP) is 5.10. The molecule has 3 nitrogen and oxygen atoms in total. The topological polar surface area (TPSA) is 28.2 Å². The Hall–Kier alpha value is -1.17. The van der Waals surface area contributed by atoms with Gasteiger partial charge in [0.1, 0.15) is 0 Å². The van der Waals surface area contributed by atoms with Gasteiger partial charge in [-0.1, -0.05) is 36.9 Å². The van der Waals surface area contributed by atoms with E-state index in [2.05, 4.69) is 27.3 Å². The summed E-state index contributed by atoms with van der Waals surface area (Å²) in [6.07, 6.45) is 8.19. The van der Waals surface area contributed by atoms with E-state index in [0.29, 0.717) is 6.04 Å². The van der Waals surface area contributed by atoms with E-state index in [-0.39, 0.29) is 12.1 Å². The predicted molar refractivity (Wildman–Crippen MR) is 103 cm³/mol. The standard InChI is InChI=1S/C18H20ClN3S2/c19-15-10-9-14(24-15)17-16(13-8-4-5-11-20-13)21-18(23)22(17)12-6-2-1-3-7-12/h4-5,8-12,16-17H,1-3,6-7H2,(H,21,23). The lowest BCUT2D eigenvalue weighted by Crippen LogP contribution is -2.40. The van der Waals surface area contributed by atoms with E-state index in [1.807, 2.05) is 24.4 Å². The van der Waals surface area contributed by atoms with Crippen LogP contribution in [0, 0.1) is 0 Å². The van der Waals surface area contributed by atoms with Gasteiger partial charge in [0.15, 0.2) is 5.11 Å². The third kappa shape index (κ3) is 3.05. The van der Waals surface area contributed by atoms with E-state index < -0.39 is 0 Å². The Morgan fingerprint density at radius 2 is 2.00 bits per heavy atom. The summed E-state index contributed by atoms with van der Waals surface area (Å²) in [7, 11) is 0. The normalized spacial score (nSPS) is 25.0. The smallest absolute Gasteiger partial charge is 0.170 e. The lowest BCUT2D eigenvalue weighted by Gasteiger charge is -2.36. The minimum Gasteiger partial charge on any atom is -0.352 e. The number of nitrogens with one attached hydrogen (secondary N) is 1. The molecule has 0 radical (unpaired) electrons. The van der Waals surface area contributed by atoms with Crippen LogP contribution >= 0.6 is 35.2 Å². The molecule has 4 rings (SSSR count). The molecule has 1 N–H and O–H groups in total. The number of pyridine rings is 1. The molecule has 0 aromatic carbocycles. The Morgan fingerprint density at radius 1 is 1.17 bits per heavy atom. The molecule has 2 fully saturated rings. The second-order valence-corrected chi connectivity index (χ2v) is 8.60. The number of thiophene rings is 1. The fourth-order valence-electron chi connectivity index (χ4n) is 3.91. The maximum atomic E-state index is 6.23. The van der Waals surface area contributed by atoms with E-state index in [1.165, 1.54) is 37.0 Å². The number of rotatable bonds is 3. The van der Waals surface area contributed by atoms with Crippen LogP contribution in [0.1, 0.15) is 54.8 Å². The van der Waals surface area contributed by atoms with Crippen LogP contribution in [-0.4, -0.2) is 21.0 Å². The number of hydrogen-bond acceptors (Lipinski definition) is 3. The van der Waals surface area contributed by atoms with E-state index in [4.69, 9.17) is 23.8 Å². The first-order valence-corrected chi connectivity index (χ1v) is 10.1. The first-order chi connectivity index (χ1) is 11.7. The summed E-state index contributed by atoms with van der Waals surface area (Å²) < 4.78 is 0.825. The van der Waals surface area contributed by atoms with E-state index >= 15 is 0 Å². The average molecular weight is 378 g/mol. The Bertz CT molecular complexity index is 712. The molecule has 1 saturated heterocycles. The van der Waals surface area contributed by atoms with Crippen molar-refractivity contribution in [3.63, 3.8) is 0 Å². The van der Waals surface area contributed by atoms with Gasteiger partial charge in [-0.3, -0.25) is 4.98 Å². The van der Waals surface area contributed by atoms with E-state index in [1.54, 1.807) is 11.3 Å². The molecule has 2 unspecified atom stereocenters. The molecule has 0 amide bonds. The van der Waals surface area contributed by atoms with Crippen molar-refractivity contribution in [1.82, 2.24) is 15.2 Å². The lowest BCUT2D eigenvalue weighted by atomic mass is 9.92. The van der Waals surface area contributed by atoms with Crippen molar-refractivity contribution in [2.24, 2.45) is 0 Å². The lowest BCUT2D eigenvalue weighted by molar-refractivity contribution is 0.199. The molecule has 1 aliphatic carbocycles. The van der Waals surface area contributed by atoms with Crippen molar-refractivity contribution >= 4 is 40.3 Å². The van der Waals surface area contributed by atoms with Crippen molar-refractivity contribution in [2.45, 2.75) is 50.2 Å². The summed E-state index contributed by atoms with van der Waals surface area (Å²) in [5, 5.41) is 4.39. The van der Waals surface area contributed by atoms with Crippen LogP contribution in [-0.2, 0) is 0 Å². The Morgan fingerprint density at radius 3 is 2.67 bits per heavy atom. The molecular formula is C18H20ClN3S2. The van der Waals surface area contributed by atoms with Gasteiger partial charge in [0.2, 0.25) is 0 Å². The molecular weight excluding hydrogens is 358 g/mol. The van der Waals surface area contributed by atoms with Crippen LogP contribution in [0.5, 0.6) is 0 Å². The van der Waals surface area contributed by atoms with E-state index in [0.717, 1.165) is 15.1 Å². The molecule has 126 valence electrons. The second-order valence-electron chi connectivity index (χ2n) is 6.47. The molecule has 1 aliphatic heterocycles. The summed E-state index contributed by atoms with van der Waals surface area (Å²) in [4.78, 5) is 8.26. The highest BCUT2D eigenvalue weighted by Gasteiger charge is 2.43. The van der Waals surface area contributed by atoms with Crippen molar-refractivity contribution in [1.29, 1.82) is 0 Å². The molecule has 6 heteroatoms. The van der Waals surface area contributed by atoms with Crippen molar-refractivity contribution in [3.05, 3.63) is 51.4 Å². The highest BCUT2D eigenvalue weighted by molar-refractivity contribution is 7.80. The van der Waals surface area contributed by atoms with Crippen molar-refractivity contribution < 1.29 is 0 Å². The van der Waals surface area contributed by atoms with Gasteiger partial charge in [-0.25, -0.2) is 0 Å². The fraction of sp³-hybridized carbons (Fsp3) is 0.444. The largest absolute Gasteiger partial charge is 0.352 e. The number of nitrogens with zero attached hydrogens (tertiary/aromatic N) is 2. The zero-order chi connectivity index (χ0) is 16.5. The highest BCUT2D eigenvalue weighted by atomic mass is 35.5. The van der Waals surface area contributed by atoms with Gasteiger partial charge >= 0.3 is 0 Å². The van der Waals surface area contributed by atoms with Gasteiger partial charge in [0.05, 0.1) is 22.1 Å². The third-order valence-electron chi connectivity index (χ3n) is 4.99. The maximum Gasteiger partial charge on any atom is 0.170 e. The van der Waals surface area contributed by atoms with Gasteiger partial charge in [0, 0.05) is 17.1 Å². The highest BCUT2D eigenvalue weighted by Crippen LogP contribution is 2.44. The van der Waals surface area contributed by atoms with Gasteiger partial charge in [-0.2, -0.15) is 0 Å². The fourth-order valence-corrected chi connectivity index (χ4v) is 5.50. The van der Waals surface area contributed by atoms with Gasteiger partial charge < -0.3 is 10.2 Å². The van der Waals surface area contributed by atoms with Gasteiger partial charge in [-0.15, -0.1) is 11.3 Å². The number of thiocarbonyl (C=S) groups is 1. The van der Waals surface area contributed by atoms with Crippen molar-refractivity contribution in [2.75, 3.05) is 0 Å². The molecule has 3 heterocycles. The molecule has 2 atom stereocenters. The van der Waals surface area contributed by atoms with Crippen LogP contribution < -0.4 is 5.32 Å². The Balaban J connectivity index is 1.73. The summed E-state index contributed by atoms with van der Waals surface area (Å²) in [5.74, 6) is 0. The SMILES string of the molecule is S=C1NC(c2ccccn2)C(c2ccc(Cl)s2)N1C1CCCCC1. The number of aromatic nitrogens is 1. The number of halogens is 1. The molecule has 1 saturated carbocycles. The molecule has 0 bridgehead atoms. The maximum absolute atomic E-state index is 6.23. The van der Waals surface area contributed by atoms with Gasteiger partial charge in [-0.05, 0) is 49.3 Å². The third-order valence-corrected chi connectivity index (χ3v) is 6.62. The summed E-state index contributed by atoms with van der Waals surface area (Å²) in [5.41, 5.74) is 1.03. The Kier molecular flexibility index (Phi) is 4.74. The monoisotopic (exact) mass is 377 g/mol. The number of hydrogen-bond donors (Lipinski definition) is 1. The summed E-state index contributed by atoms with van der Waals surface area (Å²) >= 11 is 13.6. The summed E-state index contributed by atoms with van der Waals surface area (Å²) in [6.45, 7) is 0. The van der Waals surface area contributed by atoms with E-state index in [9.17, 15) is 0 Å². The first kappa shape index (κ1) is 16.3. The molecule has 2 aromatic heterocycles. The molecule has 2 aromatic rings. The zero-order valence-electron chi connectivity index (χ0n) is 13.3. The molecule has 24 heavy (non-hydrogen) atoms. The second kappa shape index (κ2) is 6.98. The minimum absolute atomic E-state index is 0.0790. The first-order valence-electron chi connectivity index (χ1n) is 8.49. The molecule has 0 spiro atoms.